The minimum Gasteiger partial charge on any atom is -0.456 e. The van der Waals surface area contributed by atoms with Crippen LogP contribution in [0, 0.1) is 0 Å². The summed E-state index contributed by atoms with van der Waals surface area (Å²) in [4.78, 5) is 42.9. The summed E-state index contributed by atoms with van der Waals surface area (Å²) in [6.07, 6.45) is 11.6. The van der Waals surface area contributed by atoms with Crippen LogP contribution < -0.4 is 14.8 Å². The first-order chi connectivity index (χ1) is 27.4. The molecule has 1 saturated heterocycles. The van der Waals surface area contributed by atoms with E-state index < -0.39 is 33.3 Å². The Kier molecular flexibility index (Phi) is 14.3. The summed E-state index contributed by atoms with van der Waals surface area (Å²) >= 11 is 0. The molecule has 1 aromatic rings. The Labute approximate surface area is 341 Å². The van der Waals surface area contributed by atoms with Crippen molar-refractivity contribution in [1.82, 2.24) is 9.64 Å². The third kappa shape index (κ3) is 10.6. The van der Waals surface area contributed by atoms with Crippen LogP contribution in [0.25, 0.3) is 17.4 Å². The minimum absolute atomic E-state index is 0.0395. The molecule has 5 rings (SSSR count). The number of hydrogen-bond donors (Lipinski definition) is 1. The van der Waals surface area contributed by atoms with Crippen LogP contribution >= 0.6 is 0 Å². The number of allylic oxidation sites excluding steroid dienone is 5. The summed E-state index contributed by atoms with van der Waals surface area (Å²) in [5.41, 5.74) is 3.95. The van der Waals surface area contributed by atoms with E-state index in [1.807, 2.05) is 44.2 Å². The summed E-state index contributed by atoms with van der Waals surface area (Å²) < 4.78 is 53.4. The van der Waals surface area contributed by atoms with Gasteiger partial charge in [0, 0.05) is 68.5 Å². The zero-order chi connectivity index (χ0) is 42.3. The molecule has 312 valence electrons. The van der Waals surface area contributed by atoms with Crippen LogP contribution in [0.5, 0.6) is 0 Å². The second-order valence-corrected chi connectivity index (χ2v) is 17.5. The van der Waals surface area contributed by atoms with Gasteiger partial charge < -0.3 is 23.6 Å². The number of benzene rings is 2. The Hall–Kier alpha value is -4.89. The van der Waals surface area contributed by atoms with Crippen LogP contribution in [-0.4, -0.2) is 82.9 Å². The van der Waals surface area contributed by atoms with Crippen molar-refractivity contribution in [1.29, 1.82) is 0 Å². The van der Waals surface area contributed by atoms with E-state index in [-0.39, 0.29) is 29.6 Å². The number of ether oxygens (including phenoxy) is 2. The molecule has 1 fully saturated rings. The molecule has 0 saturated carbocycles. The third-order valence-electron chi connectivity index (χ3n) is 10.4. The molecule has 3 heterocycles. The van der Waals surface area contributed by atoms with Gasteiger partial charge in [-0.15, -0.1) is 5.06 Å². The molecule has 58 heavy (non-hydrogen) atoms. The lowest BCUT2D eigenvalue weighted by molar-refractivity contribution is -0.197. The Bertz CT molecular complexity index is 2220. The van der Waals surface area contributed by atoms with Crippen molar-refractivity contribution < 1.29 is 46.1 Å². The summed E-state index contributed by atoms with van der Waals surface area (Å²) in [7, 11) is -1.04. The van der Waals surface area contributed by atoms with Gasteiger partial charge in [0.2, 0.25) is 5.36 Å². The Morgan fingerprint density at radius 2 is 1.62 bits per heavy atom. The van der Waals surface area contributed by atoms with Crippen molar-refractivity contribution in [2.24, 2.45) is 0 Å². The first-order valence-corrected chi connectivity index (χ1v) is 21.1. The maximum atomic E-state index is 12.3. The van der Waals surface area contributed by atoms with Gasteiger partial charge in [0.05, 0.1) is 11.0 Å². The van der Waals surface area contributed by atoms with Gasteiger partial charge in [-0.3, -0.25) is 14.1 Å². The monoisotopic (exact) mass is 818 g/mol. The predicted octanol–water partition coefficient (Wildman–Crippen LogP) is 6.41. The van der Waals surface area contributed by atoms with Crippen molar-refractivity contribution in [3.05, 3.63) is 94.7 Å². The van der Waals surface area contributed by atoms with Crippen molar-refractivity contribution in [3.8, 4) is 11.3 Å². The lowest BCUT2D eigenvalue weighted by atomic mass is 9.83. The van der Waals surface area contributed by atoms with Crippen LogP contribution in [0.4, 0.5) is 5.69 Å². The third-order valence-corrected chi connectivity index (χ3v) is 11.3. The van der Waals surface area contributed by atoms with Gasteiger partial charge >= 0.3 is 5.97 Å². The number of nitrogens with zero attached hydrogens (tertiary/aromatic N) is 3. The average Bonchev–Trinajstić information content (AvgIpc) is 3.59. The lowest BCUT2D eigenvalue weighted by Crippen LogP contribution is -2.35. The highest BCUT2D eigenvalue weighted by atomic mass is 32.2. The zero-order valence-electron chi connectivity index (χ0n) is 34.6. The highest BCUT2D eigenvalue weighted by Crippen LogP contribution is 2.48. The van der Waals surface area contributed by atoms with Gasteiger partial charge in [0.15, 0.2) is 13.1 Å². The SMILES string of the molecule is COCC[N+](CCOC)=c1ccc2c(C(C)(C)C)cc(/C=C/C=C/C=C3/N(CCCCCC(=O)ON4C(=O)CCC4=O)c4ccc(S(=O)(=O)O)cc4C3(C)C)oc-2c1. The molecular formula is C44H56N3O10S+. The Morgan fingerprint density at radius 1 is 0.931 bits per heavy atom. The van der Waals surface area contributed by atoms with E-state index in [0.29, 0.717) is 62.9 Å². The van der Waals surface area contributed by atoms with Gasteiger partial charge in [-0.2, -0.15) is 8.42 Å². The maximum absolute atomic E-state index is 12.3. The number of carbonyl (C=O) groups is 3. The van der Waals surface area contributed by atoms with E-state index in [9.17, 15) is 27.4 Å². The van der Waals surface area contributed by atoms with Crippen LogP contribution in [0.2, 0.25) is 0 Å². The molecule has 3 aliphatic heterocycles. The fourth-order valence-electron chi connectivity index (χ4n) is 7.31. The summed E-state index contributed by atoms with van der Waals surface area (Å²) in [5.74, 6) is -0.188. The van der Waals surface area contributed by atoms with E-state index in [2.05, 4.69) is 54.5 Å². The highest BCUT2D eigenvalue weighted by molar-refractivity contribution is 7.85. The summed E-state index contributed by atoms with van der Waals surface area (Å²) in [6.45, 7) is 13.7. The van der Waals surface area contributed by atoms with Crippen LogP contribution in [0.15, 0.2) is 81.8 Å². The first-order valence-electron chi connectivity index (χ1n) is 19.6. The van der Waals surface area contributed by atoms with Crippen LogP contribution in [-0.2, 0) is 49.6 Å². The van der Waals surface area contributed by atoms with E-state index in [1.54, 1.807) is 20.3 Å². The topological polar surface area (TPSA) is 156 Å². The number of anilines is 1. The second kappa shape index (κ2) is 18.8. The number of carbonyl (C=O) groups excluding carboxylic acids is 3. The molecule has 0 aromatic heterocycles. The van der Waals surface area contributed by atoms with E-state index in [4.69, 9.17) is 18.7 Å². The van der Waals surface area contributed by atoms with Crippen molar-refractivity contribution >= 4 is 39.7 Å². The van der Waals surface area contributed by atoms with Crippen molar-refractivity contribution in [2.45, 2.75) is 88.9 Å². The number of imide groups is 1. The fourth-order valence-corrected chi connectivity index (χ4v) is 7.81. The van der Waals surface area contributed by atoms with E-state index >= 15 is 0 Å². The number of fused-ring (bicyclic) bond motifs is 2. The Morgan fingerprint density at radius 3 is 2.26 bits per heavy atom. The predicted molar refractivity (Wildman–Crippen MR) is 221 cm³/mol. The van der Waals surface area contributed by atoms with Gasteiger partial charge in [0.1, 0.15) is 24.7 Å². The number of hydrogen-bond acceptors (Lipinski definition) is 10. The highest BCUT2D eigenvalue weighted by Gasteiger charge is 2.40. The van der Waals surface area contributed by atoms with E-state index in [0.717, 1.165) is 39.2 Å². The molecule has 13 nitrogen and oxygen atoms in total. The number of methoxy groups -OCH3 is 2. The summed E-state index contributed by atoms with van der Waals surface area (Å²) in [6, 6.07) is 13.0. The largest absolute Gasteiger partial charge is 0.456 e. The molecule has 0 unspecified atom stereocenters. The molecule has 0 spiro atoms. The normalized spacial score (nSPS) is 16.4. The zero-order valence-corrected chi connectivity index (χ0v) is 35.4. The quantitative estimate of drug-likeness (QED) is 0.0528. The lowest BCUT2D eigenvalue weighted by Gasteiger charge is -2.27. The van der Waals surface area contributed by atoms with Crippen LogP contribution in [0.1, 0.15) is 90.0 Å². The molecule has 4 aliphatic rings. The van der Waals surface area contributed by atoms with Crippen molar-refractivity contribution in [2.75, 3.05) is 52.0 Å². The number of hydroxylamine groups is 2. The van der Waals surface area contributed by atoms with Gasteiger partial charge in [-0.1, -0.05) is 59.3 Å². The molecular weight excluding hydrogens is 763 g/mol. The summed E-state index contributed by atoms with van der Waals surface area (Å²) in [5, 5.41) is 1.58. The molecule has 1 aromatic carbocycles. The molecule has 14 heteroatoms. The maximum Gasteiger partial charge on any atom is 0.333 e. The molecule has 2 amide bonds. The minimum atomic E-state index is -4.42. The Balaban J connectivity index is 1.38. The van der Waals surface area contributed by atoms with Crippen LogP contribution in [0.3, 0.4) is 0 Å². The second-order valence-electron chi connectivity index (χ2n) is 16.0. The number of unbranched alkanes of at least 4 members (excludes halogenated alkanes) is 2. The molecule has 0 bridgehead atoms. The molecule has 0 atom stereocenters. The van der Waals surface area contributed by atoms with Gasteiger partial charge in [-0.05, 0) is 71.9 Å². The molecule has 1 N–H and O–H groups in total. The van der Waals surface area contributed by atoms with Gasteiger partial charge in [0.25, 0.3) is 21.9 Å². The number of rotatable bonds is 17. The first kappa shape index (κ1) is 44.2. The molecule has 1 aliphatic carbocycles. The van der Waals surface area contributed by atoms with Gasteiger partial charge in [-0.25, -0.2) is 9.37 Å². The fraction of sp³-hybridized carbons (Fsp3) is 0.455. The average molecular weight is 819 g/mol. The smallest absolute Gasteiger partial charge is 0.333 e. The number of amides is 2. The van der Waals surface area contributed by atoms with E-state index in [1.165, 1.54) is 12.1 Å². The molecule has 0 radical (unpaired) electrons. The van der Waals surface area contributed by atoms with Crippen molar-refractivity contribution in [3.63, 3.8) is 0 Å². The standard InChI is InChI=1S/C44H55N3O10S/c1-43(2,3)35-29-32(56-38-28-31(17-19-34(35)38)45(24-26-54-6)25-27-55-7)14-10-8-11-15-39-44(4,5)36-30-33(58(51,52)53)18-20-37(36)46(39)23-13-9-12-16-42(50)57-47-40(48)21-22-41(47)49/h8,10-11,14-15,17-20,28-30H,9,12-13,16,21-27H2,1-7H3/p+1.